The Morgan fingerprint density at radius 1 is 1.18 bits per heavy atom. The number of rotatable bonds is 6. The number of benzene rings is 1. The predicted octanol–water partition coefficient (Wildman–Crippen LogP) is 1.31. The van der Waals surface area contributed by atoms with Gasteiger partial charge in [0, 0.05) is 11.8 Å². The molecule has 0 spiro atoms. The minimum atomic E-state index is -4.03. The SMILES string of the molecule is COc1c(OS(C)(=O)=O)ccc(C(=O)C2C(=O)C3CCC(C3)C2=O)c1[N+](=O)[O-]. The summed E-state index contributed by atoms with van der Waals surface area (Å²) in [5, 5.41) is 11.6. The second kappa shape index (κ2) is 6.97. The average molecular weight is 411 g/mol. The molecule has 1 aromatic carbocycles. The maximum atomic E-state index is 13.0. The molecule has 1 aromatic rings. The fourth-order valence-corrected chi connectivity index (χ4v) is 4.34. The Kier molecular flexibility index (Phi) is 4.96. The van der Waals surface area contributed by atoms with E-state index in [1.165, 1.54) is 0 Å². The van der Waals surface area contributed by atoms with Gasteiger partial charge in [0.25, 0.3) is 0 Å². The van der Waals surface area contributed by atoms with Crippen LogP contribution in [0.3, 0.4) is 0 Å². The van der Waals surface area contributed by atoms with Gasteiger partial charge in [0.05, 0.1) is 18.3 Å². The number of nitro benzene ring substituents is 1. The molecule has 2 bridgehead atoms. The van der Waals surface area contributed by atoms with E-state index in [0.29, 0.717) is 19.3 Å². The largest absolute Gasteiger partial charge is 0.488 e. The molecule has 2 atom stereocenters. The van der Waals surface area contributed by atoms with Crippen molar-refractivity contribution in [1.82, 2.24) is 0 Å². The molecule has 0 aromatic heterocycles. The summed E-state index contributed by atoms with van der Waals surface area (Å²) >= 11 is 0. The van der Waals surface area contributed by atoms with Gasteiger partial charge in [-0.15, -0.1) is 0 Å². The highest BCUT2D eigenvalue weighted by Gasteiger charge is 2.51. The number of nitro groups is 1. The third-order valence-corrected chi connectivity index (χ3v) is 5.54. The normalized spacial score (nSPS) is 24.1. The Morgan fingerprint density at radius 3 is 2.21 bits per heavy atom. The van der Waals surface area contributed by atoms with Crippen LogP contribution in [0.5, 0.6) is 11.5 Å². The fourth-order valence-electron chi connectivity index (χ4n) is 3.88. The van der Waals surface area contributed by atoms with Gasteiger partial charge in [-0.25, -0.2) is 0 Å². The topological polar surface area (TPSA) is 147 Å². The zero-order valence-corrected chi connectivity index (χ0v) is 15.9. The van der Waals surface area contributed by atoms with Gasteiger partial charge in [-0.1, -0.05) is 0 Å². The zero-order chi connectivity index (χ0) is 20.8. The summed E-state index contributed by atoms with van der Waals surface area (Å²) in [5.41, 5.74) is -1.36. The quantitative estimate of drug-likeness (QED) is 0.222. The van der Waals surface area contributed by atoms with Crippen LogP contribution in [0.1, 0.15) is 29.6 Å². The Morgan fingerprint density at radius 2 is 1.75 bits per heavy atom. The summed E-state index contributed by atoms with van der Waals surface area (Å²) in [5.74, 6) is -5.47. The van der Waals surface area contributed by atoms with Crippen LogP contribution in [-0.2, 0) is 19.7 Å². The number of nitrogens with zero attached hydrogens (tertiary/aromatic N) is 1. The van der Waals surface area contributed by atoms with Crippen molar-refractivity contribution in [2.75, 3.05) is 13.4 Å². The number of hydrogen-bond acceptors (Lipinski definition) is 9. The highest BCUT2D eigenvalue weighted by Crippen LogP contribution is 2.44. The third-order valence-electron chi connectivity index (χ3n) is 5.06. The first-order valence-electron chi connectivity index (χ1n) is 8.41. The van der Waals surface area contributed by atoms with Crippen molar-refractivity contribution in [3.63, 3.8) is 0 Å². The molecule has 150 valence electrons. The van der Waals surface area contributed by atoms with E-state index < -0.39 is 72.9 Å². The van der Waals surface area contributed by atoms with Crippen LogP contribution in [0, 0.1) is 27.9 Å². The van der Waals surface area contributed by atoms with E-state index in [1.54, 1.807) is 0 Å². The molecule has 2 unspecified atom stereocenters. The van der Waals surface area contributed by atoms with Crippen LogP contribution in [-0.4, -0.2) is 44.1 Å². The van der Waals surface area contributed by atoms with Crippen LogP contribution < -0.4 is 8.92 Å². The van der Waals surface area contributed by atoms with Crippen molar-refractivity contribution in [3.05, 3.63) is 27.8 Å². The van der Waals surface area contributed by atoms with Crippen molar-refractivity contribution < 1.29 is 36.6 Å². The first kappa shape index (κ1) is 19.9. The summed E-state index contributed by atoms with van der Waals surface area (Å²) in [6.45, 7) is 0. The highest BCUT2D eigenvalue weighted by molar-refractivity contribution is 7.86. The van der Waals surface area contributed by atoms with Crippen LogP contribution in [0.4, 0.5) is 5.69 Å². The van der Waals surface area contributed by atoms with Gasteiger partial charge in [-0.2, -0.15) is 8.42 Å². The van der Waals surface area contributed by atoms with Crippen LogP contribution in [0.15, 0.2) is 12.1 Å². The molecule has 0 N–H and O–H groups in total. The summed E-state index contributed by atoms with van der Waals surface area (Å²) in [7, 11) is -2.98. The molecule has 10 nitrogen and oxygen atoms in total. The van der Waals surface area contributed by atoms with Crippen LogP contribution >= 0.6 is 0 Å². The van der Waals surface area contributed by atoms with Crippen LogP contribution in [0.2, 0.25) is 0 Å². The maximum Gasteiger partial charge on any atom is 0.325 e. The molecule has 28 heavy (non-hydrogen) atoms. The summed E-state index contributed by atoms with van der Waals surface area (Å²) in [6.07, 6.45) is 2.19. The Hall–Kier alpha value is -2.82. The number of hydrogen-bond donors (Lipinski definition) is 0. The van der Waals surface area contributed by atoms with Gasteiger partial charge >= 0.3 is 15.8 Å². The van der Waals surface area contributed by atoms with Gasteiger partial charge < -0.3 is 8.92 Å². The Balaban J connectivity index is 2.11. The van der Waals surface area contributed by atoms with E-state index in [-0.39, 0.29) is 0 Å². The molecular weight excluding hydrogens is 394 g/mol. The van der Waals surface area contributed by atoms with Crippen molar-refractivity contribution in [2.24, 2.45) is 17.8 Å². The molecule has 0 saturated heterocycles. The first-order valence-corrected chi connectivity index (χ1v) is 10.2. The van der Waals surface area contributed by atoms with E-state index in [9.17, 15) is 32.9 Å². The number of Topliss-reactive ketones (excluding diaryl/α,β-unsaturated/α-hetero) is 3. The lowest BCUT2D eigenvalue weighted by molar-refractivity contribution is -0.386. The Bertz CT molecular complexity index is 976. The van der Waals surface area contributed by atoms with Crippen LogP contribution in [0.25, 0.3) is 0 Å². The molecule has 0 amide bonds. The smallest absolute Gasteiger partial charge is 0.325 e. The van der Waals surface area contributed by atoms with Crippen molar-refractivity contribution in [3.8, 4) is 11.5 Å². The van der Waals surface area contributed by atoms with E-state index in [4.69, 9.17) is 4.74 Å². The summed E-state index contributed by atoms with van der Waals surface area (Å²) in [4.78, 5) is 48.7. The monoisotopic (exact) mass is 411 g/mol. The highest BCUT2D eigenvalue weighted by atomic mass is 32.2. The number of carbonyl (C=O) groups excluding carboxylic acids is 3. The molecule has 2 aliphatic rings. The molecule has 11 heteroatoms. The lowest BCUT2D eigenvalue weighted by Gasteiger charge is -2.24. The number of carbonyl (C=O) groups is 3. The number of ketones is 3. The molecule has 0 aliphatic heterocycles. The second-order valence-electron chi connectivity index (χ2n) is 6.85. The first-order chi connectivity index (χ1) is 13.0. The minimum absolute atomic E-state index is 0.398. The number of ether oxygens (including phenoxy) is 1. The second-order valence-corrected chi connectivity index (χ2v) is 8.42. The lowest BCUT2D eigenvalue weighted by Crippen LogP contribution is -2.41. The van der Waals surface area contributed by atoms with Gasteiger partial charge in [-0.05, 0) is 31.4 Å². The van der Waals surface area contributed by atoms with Crippen molar-refractivity contribution in [1.29, 1.82) is 0 Å². The maximum absolute atomic E-state index is 13.0. The third kappa shape index (κ3) is 3.37. The summed E-state index contributed by atoms with van der Waals surface area (Å²) < 4.78 is 32.4. The predicted molar refractivity (Wildman–Crippen MR) is 93.8 cm³/mol. The average Bonchev–Trinajstić information content (AvgIpc) is 3.05. The van der Waals surface area contributed by atoms with E-state index in [0.717, 1.165) is 25.5 Å². The van der Waals surface area contributed by atoms with E-state index in [1.807, 2.05) is 0 Å². The molecule has 0 radical (unpaired) electrons. The lowest BCUT2D eigenvalue weighted by atomic mass is 9.75. The molecular formula is C17H17NO9S. The molecule has 2 saturated carbocycles. The van der Waals surface area contributed by atoms with Gasteiger partial charge in [-0.3, -0.25) is 24.5 Å². The van der Waals surface area contributed by atoms with E-state index >= 15 is 0 Å². The van der Waals surface area contributed by atoms with Gasteiger partial charge in [0.15, 0.2) is 23.1 Å². The molecule has 2 fully saturated rings. The fraction of sp³-hybridized carbons (Fsp3) is 0.471. The Labute approximate surface area is 160 Å². The molecule has 3 rings (SSSR count). The van der Waals surface area contributed by atoms with E-state index in [2.05, 4.69) is 4.18 Å². The number of fused-ring (bicyclic) bond motifs is 2. The molecule has 2 aliphatic carbocycles. The van der Waals surface area contributed by atoms with Gasteiger partial charge in [0.2, 0.25) is 5.75 Å². The minimum Gasteiger partial charge on any atom is -0.488 e. The standard InChI is InChI=1S/C17H17NO9S/c1-26-17-11(27-28(2,24)25)6-5-10(13(17)18(22)23)16(21)12-14(19)8-3-4-9(7-8)15(12)20/h5-6,8-9,12H,3-4,7H2,1-2H3. The van der Waals surface area contributed by atoms with Crippen molar-refractivity contribution >= 4 is 33.2 Å². The molecule has 0 heterocycles. The number of methoxy groups -OCH3 is 1. The zero-order valence-electron chi connectivity index (χ0n) is 15.0. The van der Waals surface area contributed by atoms with Crippen molar-refractivity contribution in [2.45, 2.75) is 19.3 Å². The van der Waals surface area contributed by atoms with Gasteiger partial charge in [0.1, 0.15) is 11.5 Å². The summed E-state index contributed by atoms with van der Waals surface area (Å²) in [6, 6.07) is 1.99.